The molecule has 0 bridgehead atoms. The maximum Gasteiger partial charge on any atom is 0.0952 e. The fourth-order valence-corrected chi connectivity index (χ4v) is 1.56. The van der Waals surface area contributed by atoms with Crippen molar-refractivity contribution >= 4 is 0 Å². The van der Waals surface area contributed by atoms with Crippen molar-refractivity contribution in [3.8, 4) is 0 Å². The van der Waals surface area contributed by atoms with Gasteiger partial charge in [0.2, 0.25) is 0 Å². The number of rotatable bonds is 3. The number of hydrogen-bond donors (Lipinski definition) is 3. The Morgan fingerprint density at radius 1 is 0.636 bits per heavy atom. The van der Waals surface area contributed by atoms with E-state index in [0.717, 1.165) is 13.5 Å². The smallest absolute Gasteiger partial charge is 0.0952 e. The number of hydrogen-bond acceptors (Lipinski definition) is 5. The van der Waals surface area contributed by atoms with E-state index in [-0.39, 0.29) is 17.8 Å². The van der Waals surface area contributed by atoms with Crippen LogP contribution in [-0.4, -0.2) is 45.8 Å². The molecular weight excluding hydrogens is 416 g/mol. The summed E-state index contributed by atoms with van der Waals surface area (Å²) >= 11 is 0. The van der Waals surface area contributed by atoms with Gasteiger partial charge in [0.15, 0.2) is 0 Å². The Morgan fingerprint density at radius 2 is 0.939 bits per heavy atom. The summed E-state index contributed by atoms with van der Waals surface area (Å²) in [6.07, 6.45) is 0.765. The van der Waals surface area contributed by atoms with Gasteiger partial charge < -0.3 is 15.3 Å². The first-order valence-electron chi connectivity index (χ1n) is 11.2. The lowest BCUT2D eigenvalue weighted by Gasteiger charge is -2.24. The zero-order valence-electron chi connectivity index (χ0n) is 22.8. The van der Waals surface area contributed by atoms with Crippen LogP contribution in [0.1, 0.15) is 73.4 Å². The number of aliphatic hydroxyl groups excluding tert-OH is 2. The first kappa shape index (κ1) is 35.8. The third-order valence-electron chi connectivity index (χ3n) is 2.73. The predicted molar refractivity (Wildman–Crippen MR) is 140 cm³/mol. The fourth-order valence-electron chi connectivity index (χ4n) is 1.56. The van der Waals surface area contributed by atoms with Gasteiger partial charge in [0.05, 0.1) is 16.8 Å². The molecule has 0 fully saturated rings. The predicted octanol–water partition coefficient (Wildman–Crippen LogP) is 6.13. The van der Waals surface area contributed by atoms with Gasteiger partial charge in [-0.15, -0.1) is 0 Å². The highest BCUT2D eigenvalue weighted by Crippen LogP contribution is 2.14. The summed E-state index contributed by atoms with van der Waals surface area (Å²) in [5.74, 6) is 0. The molecule has 0 aromatic heterocycles. The van der Waals surface area contributed by atoms with Gasteiger partial charge in [0, 0.05) is 13.7 Å². The standard InChI is InChI=1S/C8H18O2.C8H10O.C7H8.C4H10O.CH4O/c1-7(2,3)9-10-8(4,5)6;9-7-6-8-4-2-1-3-5-8;1-7-5-3-2-4-6-7;1-4(2,3)5;1-2/h1-6H3;1-5,9H,6-7H2;2-6H,1H3;5H,1-3H3;2H,1H3. The molecule has 0 aliphatic carbocycles. The Morgan fingerprint density at radius 3 is 1.15 bits per heavy atom. The largest absolute Gasteiger partial charge is 0.400 e. The second kappa shape index (κ2) is 19.7. The number of benzene rings is 2. The van der Waals surface area contributed by atoms with Crippen LogP contribution in [0, 0.1) is 6.92 Å². The van der Waals surface area contributed by atoms with E-state index in [2.05, 4.69) is 19.1 Å². The quantitative estimate of drug-likeness (QED) is 0.374. The van der Waals surface area contributed by atoms with Gasteiger partial charge in [-0.1, -0.05) is 66.2 Å². The lowest BCUT2D eigenvalue weighted by atomic mass is 10.2. The van der Waals surface area contributed by atoms with Crippen LogP contribution in [0.5, 0.6) is 0 Å². The minimum atomic E-state index is -0.500. The average Bonchev–Trinajstić information content (AvgIpc) is 2.69. The highest BCUT2D eigenvalue weighted by molar-refractivity contribution is 5.14. The summed E-state index contributed by atoms with van der Waals surface area (Å²) in [4.78, 5) is 10.2. The van der Waals surface area contributed by atoms with Crippen molar-refractivity contribution in [2.24, 2.45) is 0 Å². The normalized spacial score (nSPS) is 10.6. The van der Waals surface area contributed by atoms with E-state index in [9.17, 15) is 0 Å². The molecule has 0 radical (unpaired) electrons. The highest BCUT2D eigenvalue weighted by Gasteiger charge is 2.18. The molecule has 2 aromatic carbocycles. The molecule has 0 spiro atoms. The number of aliphatic hydroxyl groups is 3. The van der Waals surface area contributed by atoms with Crippen molar-refractivity contribution in [2.75, 3.05) is 13.7 Å². The van der Waals surface area contributed by atoms with E-state index in [1.807, 2.05) is 90.1 Å². The van der Waals surface area contributed by atoms with Gasteiger partial charge in [-0.05, 0) is 81.2 Å². The van der Waals surface area contributed by atoms with Crippen molar-refractivity contribution in [3.63, 3.8) is 0 Å². The Labute approximate surface area is 203 Å². The van der Waals surface area contributed by atoms with Crippen LogP contribution in [-0.2, 0) is 16.2 Å². The minimum absolute atomic E-state index is 0.215. The monoisotopic (exact) mass is 466 g/mol. The zero-order chi connectivity index (χ0) is 26.6. The van der Waals surface area contributed by atoms with Crippen molar-refractivity contribution in [1.29, 1.82) is 0 Å². The second-order valence-electron chi connectivity index (χ2n) is 10.2. The fraction of sp³-hybridized carbons (Fsp3) is 0.571. The van der Waals surface area contributed by atoms with E-state index in [1.54, 1.807) is 20.8 Å². The highest BCUT2D eigenvalue weighted by atomic mass is 17.2. The van der Waals surface area contributed by atoms with Crippen LogP contribution in [0.25, 0.3) is 0 Å². The van der Waals surface area contributed by atoms with E-state index in [1.165, 1.54) is 11.1 Å². The van der Waals surface area contributed by atoms with Crippen molar-refractivity contribution in [2.45, 2.75) is 92.5 Å². The molecule has 0 aliphatic rings. The van der Waals surface area contributed by atoms with E-state index in [0.29, 0.717) is 0 Å². The Bertz CT molecular complexity index is 616. The van der Waals surface area contributed by atoms with Gasteiger partial charge in [0.25, 0.3) is 0 Å². The third kappa shape index (κ3) is 41.0. The zero-order valence-corrected chi connectivity index (χ0v) is 22.8. The summed E-state index contributed by atoms with van der Waals surface area (Å²) in [5.41, 5.74) is 1.59. The van der Waals surface area contributed by atoms with Crippen LogP contribution >= 0.6 is 0 Å². The SMILES string of the molecule is CC(C)(C)O.CC(C)(C)OOC(C)(C)C.CO.Cc1ccccc1.OCCc1ccccc1. The topological polar surface area (TPSA) is 79.2 Å². The van der Waals surface area contributed by atoms with Crippen molar-refractivity contribution in [3.05, 3.63) is 71.8 Å². The van der Waals surface area contributed by atoms with Crippen LogP contribution in [0.4, 0.5) is 0 Å². The van der Waals surface area contributed by atoms with Crippen LogP contribution < -0.4 is 0 Å². The Hall–Kier alpha value is -1.76. The van der Waals surface area contributed by atoms with E-state index >= 15 is 0 Å². The molecule has 192 valence electrons. The van der Waals surface area contributed by atoms with Gasteiger partial charge in [-0.3, -0.25) is 0 Å². The molecule has 0 saturated heterocycles. The van der Waals surface area contributed by atoms with Crippen molar-refractivity contribution in [1.82, 2.24) is 0 Å². The Kier molecular flexibility index (Phi) is 21.4. The molecule has 33 heavy (non-hydrogen) atoms. The average molecular weight is 467 g/mol. The molecule has 0 saturated carbocycles. The number of aryl methyl sites for hydroxylation is 1. The summed E-state index contributed by atoms with van der Waals surface area (Å²) < 4.78 is 0. The van der Waals surface area contributed by atoms with Crippen LogP contribution in [0.2, 0.25) is 0 Å². The summed E-state index contributed by atoms with van der Waals surface area (Å²) in [6, 6.07) is 20.2. The molecule has 0 heterocycles. The molecule has 3 N–H and O–H groups in total. The lowest BCUT2D eigenvalue weighted by molar-refractivity contribution is -0.393. The maximum absolute atomic E-state index is 8.52. The molecule has 0 aliphatic heterocycles. The maximum atomic E-state index is 8.52. The minimum Gasteiger partial charge on any atom is -0.400 e. The lowest BCUT2D eigenvalue weighted by Crippen LogP contribution is -2.27. The Balaban J connectivity index is -0.000000363. The van der Waals surface area contributed by atoms with Gasteiger partial charge >= 0.3 is 0 Å². The summed E-state index contributed by atoms with van der Waals surface area (Å²) in [7, 11) is 1.00. The van der Waals surface area contributed by atoms with E-state index in [4.69, 9.17) is 25.1 Å². The molecule has 5 heteroatoms. The molecule has 2 rings (SSSR count). The first-order chi connectivity index (χ1) is 15.0. The van der Waals surface area contributed by atoms with E-state index < -0.39 is 5.60 Å². The molecule has 0 unspecified atom stereocenters. The molecule has 5 nitrogen and oxygen atoms in total. The molecule has 2 aromatic rings. The van der Waals surface area contributed by atoms with Gasteiger partial charge in [-0.25, -0.2) is 9.78 Å². The summed E-state index contributed by atoms with van der Waals surface area (Å²) in [5, 5.41) is 24.0. The second-order valence-corrected chi connectivity index (χ2v) is 10.2. The first-order valence-corrected chi connectivity index (χ1v) is 11.2. The van der Waals surface area contributed by atoms with Gasteiger partial charge in [0.1, 0.15) is 0 Å². The molecule has 0 amide bonds. The van der Waals surface area contributed by atoms with Crippen molar-refractivity contribution < 1.29 is 25.1 Å². The van der Waals surface area contributed by atoms with Crippen LogP contribution in [0.15, 0.2) is 60.7 Å². The molecular formula is C28H50O5. The summed E-state index contributed by atoms with van der Waals surface area (Å²) in [6.45, 7) is 19.3. The third-order valence-corrected chi connectivity index (χ3v) is 2.73. The molecule has 0 atom stereocenters. The van der Waals surface area contributed by atoms with Crippen LogP contribution in [0.3, 0.4) is 0 Å². The van der Waals surface area contributed by atoms with Gasteiger partial charge in [-0.2, -0.15) is 0 Å².